The fourth-order valence-corrected chi connectivity index (χ4v) is 5.77. The predicted molar refractivity (Wildman–Crippen MR) is 152 cm³/mol. The molecule has 0 bridgehead atoms. The van der Waals surface area contributed by atoms with Gasteiger partial charge in [0.05, 0.1) is 5.69 Å². The second-order valence-corrected chi connectivity index (χ2v) is 13.0. The Hall–Kier alpha value is -3.77. The zero-order valence-corrected chi connectivity index (χ0v) is 23.3. The Bertz CT molecular complexity index is 1790. The molecule has 0 unspecified atom stereocenters. The number of hydrogen-bond donors (Lipinski definition) is 4. The van der Waals surface area contributed by atoms with E-state index in [9.17, 15) is 30.7 Å². The first kappa shape index (κ1) is 28.2. The van der Waals surface area contributed by atoms with Gasteiger partial charge in [-0.05, 0) is 92.9 Å². The second kappa shape index (κ2) is 10.1. The van der Waals surface area contributed by atoms with Crippen LogP contribution >= 0.6 is 0 Å². The minimum Gasteiger partial charge on any atom is -0.380 e. The lowest BCUT2D eigenvalue weighted by Gasteiger charge is -2.22. The SMILES string of the molecule is Cc1cc(S(=O)(=O)O)c2c(NC(=O)c3ccc(-c4ccc(NC(C)(C)C)cc4)cc3)ccc(S(=O)(=O)O)c2c1. The van der Waals surface area contributed by atoms with Gasteiger partial charge in [-0.1, -0.05) is 24.3 Å². The Balaban J connectivity index is 1.69. The van der Waals surface area contributed by atoms with E-state index in [-0.39, 0.29) is 27.6 Å². The van der Waals surface area contributed by atoms with Gasteiger partial charge in [0, 0.05) is 27.6 Å². The highest BCUT2D eigenvalue weighted by atomic mass is 32.2. The van der Waals surface area contributed by atoms with Gasteiger partial charge in [0.15, 0.2) is 0 Å². The number of rotatable bonds is 6. The first-order valence-corrected chi connectivity index (χ1v) is 14.7. The lowest BCUT2D eigenvalue weighted by atomic mass is 10.0. The largest absolute Gasteiger partial charge is 0.380 e. The molecule has 4 aromatic carbocycles. The summed E-state index contributed by atoms with van der Waals surface area (Å²) in [6, 6.07) is 19.3. The van der Waals surface area contributed by atoms with E-state index in [0.717, 1.165) is 35.0 Å². The topological polar surface area (TPSA) is 150 Å². The molecule has 4 N–H and O–H groups in total. The van der Waals surface area contributed by atoms with E-state index in [1.807, 2.05) is 24.3 Å². The van der Waals surface area contributed by atoms with Crippen LogP contribution in [0.1, 0.15) is 36.7 Å². The van der Waals surface area contributed by atoms with Crippen molar-refractivity contribution in [3.63, 3.8) is 0 Å². The minimum atomic E-state index is -4.82. The van der Waals surface area contributed by atoms with Crippen LogP contribution in [0.15, 0.2) is 82.6 Å². The van der Waals surface area contributed by atoms with Crippen molar-refractivity contribution in [3.05, 3.63) is 83.9 Å². The number of amides is 1. The van der Waals surface area contributed by atoms with Crippen LogP contribution in [0.5, 0.6) is 0 Å². The molecule has 0 saturated carbocycles. The van der Waals surface area contributed by atoms with Crippen molar-refractivity contribution in [1.82, 2.24) is 0 Å². The number of anilines is 2. The Morgan fingerprint density at radius 1 is 0.744 bits per heavy atom. The summed E-state index contributed by atoms with van der Waals surface area (Å²) in [6.07, 6.45) is 0. The summed E-state index contributed by atoms with van der Waals surface area (Å²) in [5.41, 5.74) is 3.26. The molecule has 0 fully saturated rings. The Morgan fingerprint density at radius 3 is 1.79 bits per heavy atom. The smallest absolute Gasteiger partial charge is 0.295 e. The normalized spacial score (nSPS) is 12.4. The van der Waals surface area contributed by atoms with Crippen molar-refractivity contribution in [3.8, 4) is 11.1 Å². The third kappa shape index (κ3) is 6.45. The van der Waals surface area contributed by atoms with Gasteiger partial charge < -0.3 is 10.6 Å². The van der Waals surface area contributed by atoms with Crippen molar-refractivity contribution in [2.24, 2.45) is 0 Å². The number of carbonyl (C=O) groups is 1. The third-order valence-corrected chi connectivity index (χ3v) is 7.66. The number of nitrogens with one attached hydrogen (secondary N) is 2. The average molecular weight is 569 g/mol. The quantitative estimate of drug-likeness (QED) is 0.214. The lowest BCUT2D eigenvalue weighted by Crippen LogP contribution is -2.25. The van der Waals surface area contributed by atoms with E-state index in [1.54, 1.807) is 24.3 Å². The number of carbonyl (C=O) groups excluding carboxylic acids is 1. The lowest BCUT2D eigenvalue weighted by molar-refractivity contribution is 0.102. The van der Waals surface area contributed by atoms with Gasteiger partial charge in [-0.15, -0.1) is 0 Å². The molecule has 0 aliphatic carbocycles. The van der Waals surface area contributed by atoms with Crippen LogP contribution in [0.4, 0.5) is 11.4 Å². The Labute approximate surface area is 227 Å². The second-order valence-electron chi connectivity index (χ2n) is 10.2. The van der Waals surface area contributed by atoms with Crippen molar-refractivity contribution in [2.45, 2.75) is 43.0 Å². The minimum absolute atomic E-state index is 0.0546. The molecule has 9 nitrogen and oxygen atoms in total. The molecule has 4 rings (SSSR count). The van der Waals surface area contributed by atoms with E-state index >= 15 is 0 Å². The molecule has 0 heterocycles. The summed E-state index contributed by atoms with van der Waals surface area (Å²) in [5, 5.41) is 5.59. The zero-order valence-electron chi connectivity index (χ0n) is 21.7. The van der Waals surface area contributed by atoms with Crippen molar-refractivity contribution >= 4 is 48.3 Å². The molecule has 0 aliphatic rings. The summed E-state index contributed by atoms with van der Waals surface area (Å²) in [6.45, 7) is 7.71. The van der Waals surface area contributed by atoms with E-state index in [4.69, 9.17) is 0 Å². The van der Waals surface area contributed by atoms with Gasteiger partial charge in [0.2, 0.25) is 0 Å². The molecule has 0 atom stereocenters. The van der Waals surface area contributed by atoms with Crippen LogP contribution in [0.2, 0.25) is 0 Å². The fraction of sp³-hybridized carbons (Fsp3) is 0.179. The number of hydrogen-bond acceptors (Lipinski definition) is 6. The summed E-state index contributed by atoms with van der Waals surface area (Å²) in [5.74, 6) is -0.589. The van der Waals surface area contributed by atoms with E-state index in [0.29, 0.717) is 5.56 Å². The van der Waals surface area contributed by atoms with Crippen molar-refractivity contribution < 1.29 is 30.7 Å². The van der Waals surface area contributed by atoms with Crippen LogP contribution in [0.3, 0.4) is 0 Å². The average Bonchev–Trinajstić information content (AvgIpc) is 2.81. The van der Waals surface area contributed by atoms with Crippen LogP contribution in [0.25, 0.3) is 21.9 Å². The fourth-order valence-electron chi connectivity index (χ4n) is 4.28. The van der Waals surface area contributed by atoms with Gasteiger partial charge in [-0.2, -0.15) is 16.8 Å². The van der Waals surface area contributed by atoms with Crippen LogP contribution < -0.4 is 10.6 Å². The van der Waals surface area contributed by atoms with Crippen LogP contribution in [-0.4, -0.2) is 37.4 Å². The molecule has 0 saturated heterocycles. The molecule has 4 aromatic rings. The maximum absolute atomic E-state index is 13.1. The molecule has 0 spiro atoms. The highest BCUT2D eigenvalue weighted by Crippen LogP contribution is 2.36. The molecular formula is C28H28N2O7S2. The van der Waals surface area contributed by atoms with E-state index in [2.05, 4.69) is 31.4 Å². The highest BCUT2D eigenvalue weighted by molar-refractivity contribution is 7.86. The zero-order chi connectivity index (χ0) is 28.8. The molecule has 11 heteroatoms. The summed E-state index contributed by atoms with van der Waals surface area (Å²) in [7, 11) is -9.56. The molecule has 0 radical (unpaired) electrons. The van der Waals surface area contributed by atoms with Crippen molar-refractivity contribution in [1.29, 1.82) is 0 Å². The third-order valence-electron chi connectivity index (χ3n) is 5.87. The Morgan fingerprint density at radius 2 is 1.28 bits per heavy atom. The van der Waals surface area contributed by atoms with Gasteiger partial charge in [0.1, 0.15) is 9.79 Å². The highest BCUT2D eigenvalue weighted by Gasteiger charge is 2.24. The van der Waals surface area contributed by atoms with Crippen LogP contribution in [-0.2, 0) is 20.2 Å². The summed E-state index contributed by atoms with van der Waals surface area (Å²) >= 11 is 0. The maximum Gasteiger partial charge on any atom is 0.295 e. The molecule has 1 amide bonds. The molecule has 39 heavy (non-hydrogen) atoms. The first-order valence-electron chi connectivity index (χ1n) is 11.9. The van der Waals surface area contributed by atoms with Gasteiger partial charge in [0.25, 0.3) is 26.1 Å². The van der Waals surface area contributed by atoms with E-state index in [1.165, 1.54) is 13.0 Å². The first-order chi connectivity index (χ1) is 18.0. The number of aryl methyl sites for hydroxylation is 1. The predicted octanol–water partition coefficient (Wildman–Crippen LogP) is 5.77. The van der Waals surface area contributed by atoms with E-state index < -0.39 is 35.9 Å². The summed E-state index contributed by atoms with van der Waals surface area (Å²) in [4.78, 5) is 11.9. The van der Waals surface area contributed by atoms with Gasteiger partial charge >= 0.3 is 0 Å². The molecular weight excluding hydrogens is 540 g/mol. The molecule has 0 aromatic heterocycles. The monoisotopic (exact) mass is 568 g/mol. The van der Waals surface area contributed by atoms with Crippen LogP contribution in [0, 0.1) is 6.92 Å². The standard InChI is InChI=1S/C28H28N2O7S2/c1-17-15-22-24(38(32,33)34)14-13-23(26(22)25(16-17)39(35,36)37)29-27(31)20-7-5-18(6-8-20)19-9-11-21(12-10-19)30-28(2,3)4/h5-16,30H,1-4H3,(H,29,31)(H,32,33,34)(H,35,36,37). The number of benzene rings is 4. The van der Waals surface area contributed by atoms with Crippen molar-refractivity contribution in [2.75, 3.05) is 10.6 Å². The molecule has 0 aliphatic heterocycles. The van der Waals surface area contributed by atoms with Gasteiger partial charge in [-0.25, -0.2) is 0 Å². The summed E-state index contributed by atoms with van der Waals surface area (Å²) < 4.78 is 67.7. The molecule has 204 valence electrons. The Kier molecular flexibility index (Phi) is 7.30. The number of fused-ring (bicyclic) bond motifs is 1. The van der Waals surface area contributed by atoms with Gasteiger partial charge in [-0.3, -0.25) is 13.9 Å². The maximum atomic E-state index is 13.1.